The number of sulfonamides is 1. The van der Waals surface area contributed by atoms with Crippen LogP contribution in [0, 0.1) is 0 Å². The van der Waals surface area contributed by atoms with E-state index in [-0.39, 0.29) is 16.5 Å². The first-order chi connectivity index (χ1) is 11.8. The zero-order valence-electron chi connectivity index (χ0n) is 13.4. The third-order valence-electron chi connectivity index (χ3n) is 4.42. The number of aromatic nitrogens is 2. The summed E-state index contributed by atoms with van der Waals surface area (Å²) in [5.41, 5.74) is 2.49. The third-order valence-corrected chi connectivity index (χ3v) is 6.09. The average Bonchev–Trinajstić information content (AvgIpc) is 3.11. The Labute approximate surface area is 148 Å². The molecule has 3 aromatic rings. The van der Waals surface area contributed by atoms with Gasteiger partial charge in [-0.05, 0) is 37.1 Å². The number of rotatable bonds is 3. The third kappa shape index (κ3) is 2.84. The second-order valence-corrected chi connectivity index (χ2v) is 8.59. The van der Waals surface area contributed by atoms with E-state index in [1.165, 1.54) is 21.8 Å². The molecule has 3 heterocycles. The molecule has 1 aromatic carbocycles. The van der Waals surface area contributed by atoms with Crippen LogP contribution in [0.1, 0.15) is 18.2 Å². The molecule has 0 saturated carbocycles. The molecule has 0 bridgehead atoms. The van der Waals surface area contributed by atoms with Crippen LogP contribution in [0.4, 0.5) is 5.69 Å². The van der Waals surface area contributed by atoms with Crippen molar-refractivity contribution in [3.8, 4) is 0 Å². The van der Waals surface area contributed by atoms with E-state index in [4.69, 9.17) is 5.14 Å². The molecule has 0 fully saturated rings. The van der Waals surface area contributed by atoms with Gasteiger partial charge in [-0.15, -0.1) is 11.3 Å². The molecule has 0 saturated heterocycles. The molecule has 9 heteroatoms. The Morgan fingerprint density at radius 3 is 2.92 bits per heavy atom. The number of hydrogen-bond donors (Lipinski definition) is 1. The Kier molecular flexibility index (Phi) is 3.67. The predicted octanol–water partition coefficient (Wildman–Crippen LogP) is 1.35. The van der Waals surface area contributed by atoms with Crippen molar-refractivity contribution in [1.82, 2.24) is 9.38 Å². The number of benzene rings is 1. The van der Waals surface area contributed by atoms with Crippen molar-refractivity contribution < 1.29 is 8.42 Å². The zero-order valence-corrected chi connectivity index (χ0v) is 15.0. The topological polar surface area (TPSA) is 97.8 Å². The van der Waals surface area contributed by atoms with Crippen LogP contribution in [-0.2, 0) is 23.0 Å². The summed E-state index contributed by atoms with van der Waals surface area (Å²) in [5, 5.41) is 7.05. The number of nitrogens with zero attached hydrogens (tertiary/aromatic N) is 3. The van der Waals surface area contributed by atoms with Crippen molar-refractivity contribution in [2.24, 2.45) is 5.14 Å². The van der Waals surface area contributed by atoms with E-state index in [0.29, 0.717) is 17.2 Å². The van der Waals surface area contributed by atoms with E-state index in [2.05, 4.69) is 16.8 Å². The summed E-state index contributed by atoms with van der Waals surface area (Å²) in [7, 11) is -3.72. The van der Waals surface area contributed by atoms with Gasteiger partial charge in [0.05, 0.1) is 17.1 Å². The highest BCUT2D eigenvalue weighted by Gasteiger charge is 2.27. The van der Waals surface area contributed by atoms with Crippen LogP contribution in [0.3, 0.4) is 0 Å². The van der Waals surface area contributed by atoms with E-state index in [0.717, 1.165) is 17.7 Å². The van der Waals surface area contributed by atoms with Gasteiger partial charge in [-0.3, -0.25) is 9.20 Å². The first-order valence-electron chi connectivity index (χ1n) is 7.71. The van der Waals surface area contributed by atoms with Gasteiger partial charge >= 0.3 is 0 Å². The fourth-order valence-corrected chi connectivity index (χ4v) is 4.54. The second kappa shape index (κ2) is 5.65. The molecule has 25 heavy (non-hydrogen) atoms. The number of primary sulfonamides is 1. The van der Waals surface area contributed by atoms with Gasteiger partial charge < -0.3 is 4.90 Å². The minimum atomic E-state index is -3.72. The van der Waals surface area contributed by atoms with Gasteiger partial charge in [0, 0.05) is 29.4 Å². The van der Waals surface area contributed by atoms with Gasteiger partial charge in [-0.2, -0.15) is 0 Å². The highest BCUT2D eigenvalue weighted by molar-refractivity contribution is 7.89. The lowest BCUT2D eigenvalue weighted by atomic mass is 10.1. The zero-order chi connectivity index (χ0) is 17.8. The van der Waals surface area contributed by atoms with Crippen molar-refractivity contribution in [3.63, 3.8) is 0 Å². The smallest absolute Gasteiger partial charge is 0.258 e. The van der Waals surface area contributed by atoms with Crippen LogP contribution in [0.2, 0.25) is 0 Å². The first-order valence-corrected chi connectivity index (χ1v) is 10.1. The lowest BCUT2D eigenvalue weighted by Crippen LogP contribution is -2.30. The number of anilines is 1. The highest BCUT2D eigenvalue weighted by atomic mass is 32.2. The monoisotopic (exact) mass is 376 g/mol. The molecule has 1 aliphatic rings. The van der Waals surface area contributed by atoms with E-state index < -0.39 is 10.0 Å². The van der Waals surface area contributed by atoms with Crippen molar-refractivity contribution in [2.45, 2.75) is 30.8 Å². The molecule has 4 rings (SSSR count). The van der Waals surface area contributed by atoms with E-state index in [1.807, 2.05) is 5.38 Å². The molecule has 2 aromatic heterocycles. The SMILES string of the molecule is C[C@H]1Cc2cc(S(N)(=O)=O)ccc2N1Cc1cc(=O)n2ccsc2n1. The number of nitrogens with two attached hydrogens (primary N) is 1. The summed E-state index contributed by atoms with van der Waals surface area (Å²) < 4.78 is 24.6. The molecule has 1 atom stereocenters. The maximum Gasteiger partial charge on any atom is 0.258 e. The molecule has 130 valence electrons. The number of hydrogen-bond acceptors (Lipinski definition) is 6. The van der Waals surface area contributed by atoms with E-state index in [9.17, 15) is 13.2 Å². The number of fused-ring (bicyclic) bond motifs is 2. The summed E-state index contributed by atoms with van der Waals surface area (Å²) >= 11 is 1.42. The maximum absolute atomic E-state index is 12.1. The normalized spacial score (nSPS) is 17.2. The summed E-state index contributed by atoms with van der Waals surface area (Å²) in [6, 6.07) is 6.64. The Morgan fingerprint density at radius 1 is 1.36 bits per heavy atom. The molecule has 0 spiro atoms. The molecule has 7 nitrogen and oxygen atoms in total. The Hall–Kier alpha value is -2.23. The lowest BCUT2D eigenvalue weighted by Gasteiger charge is -2.24. The summed E-state index contributed by atoms with van der Waals surface area (Å²) in [6.07, 6.45) is 2.43. The molecule has 0 radical (unpaired) electrons. The standard InChI is InChI=1S/C16H16N4O3S2/c1-10-6-11-7-13(25(17,22)23)2-3-14(11)20(10)9-12-8-15(21)19-4-5-24-16(19)18-12/h2-5,7-8,10H,6,9H2,1H3,(H2,17,22,23)/t10-/m0/s1. The number of thiazole rings is 1. The second-order valence-electron chi connectivity index (χ2n) is 6.16. The van der Waals surface area contributed by atoms with Crippen LogP contribution < -0.4 is 15.6 Å². The van der Waals surface area contributed by atoms with Crippen molar-refractivity contribution in [2.75, 3.05) is 4.90 Å². The van der Waals surface area contributed by atoms with Crippen LogP contribution in [-0.4, -0.2) is 23.8 Å². The Bertz CT molecular complexity index is 1130. The van der Waals surface area contributed by atoms with Gasteiger partial charge in [0.1, 0.15) is 0 Å². The van der Waals surface area contributed by atoms with Gasteiger partial charge in [0.15, 0.2) is 4.96 Å². The molecule has 2 N–H and O–H groups in total. The van der Waals surface area contributed by atoms with Gasteiger partial charge in [-0.25, -0.2) is 18.5 Å². The molecular weight excluding hydrogens is 360 g/mol. The van der Waals surface area contributed by atoms with Gasteiger partial charge in [0.2, 0.25) is 10.0 Å². The lowest BCUT2D eigenvalue weighted by molar-refractivity contribution is 0.597. The maximum atomic E-state index is 12.1. The van der Waals surface area contributed by atoms with Crippen molar-refractivity contribution >= 4 is 32.0 Å². The van der Waals surface area contributed by atoms with Crippen LogP contribution >= 0.6 is 11.3 Å². The first kappa shape index (κ1) is 16.2. The Balaban J connectivity index is 1.71. The minimum Gasteiger partial charge on any atom is -0.362 e. The van der Waals surface area contributed by atoms with Gasteiger partial charge in [0.25, 0.3) is 5.56 Å². The fraction of sp³-hybridized carbons (Fsp3) is 0.250. The summed E-state index contributed by atoms with van der Waals surface area (Å²) in [5.74, 6) is 0. The molecule has 0 amide bonds. The molecule has 0 aliphatic carbocycles. The van der Waals surface area contributed by atoms with Crippen molar-refractivity contribution in [1.29, 1.82) is 0 Å². The van der Waals surface area contributed by atoms with Crippen LogP contribution in [0.5, 0.6) is 0 Å². The molecule has 1 aliphatic heterocycles. The van der Waals surface area contributed by atoms with Gasteiger partial charge in [-0.1, -0.05) is 0 Å². The summed E-state index contributed by atoms with van der Waals surface area (Å²) in [6.45, 7) is 2.56. The largest absolute Gasteiger partial charge is 0.362 e. The fourth-order valence-electron chi connectivity index (χ4n) is 3.23. The predicted molar refractivity (Wildman–Crippen MR) is 96.5 cm³/mol. The Morgan fingerprint density at radius 2 is 2.16 bits per heavy atom. The molecular formula is C16H16N4O3S2. The highest BCUT2D eigenvalue weighted by Crippen LogP contribution is 2.34. The minimum absolute atomic E-state index is 0.0992. The van der Waals surface area contributed by atoms with Crippen LogP contribution in [0.15, 0.2) is 45.5 Å². The van der Waals surface area contributed by atoms with Crippen LogP contribution in [0.25, 0.3) is 4.96 Å². The van der Waals surface area contributed by atoms with Crippen molar-refractivity contribution in [3.05, 3.63) is 57.5 Å². The molecule has 0 unspecified atom stereocenters. The van der Waals surface area contributed by atoms with E-state index >= 15 is 0 Å². The summed E-state index contributed by atoms with van der Waals surface area (Å²) in [4.78, 5) is 19.6. The average molecular weight is 376 g/mol. The van der Waals surface area contributed by atoms with E-state index in [1.54, 1.807) is 24.4 Å². The quantitative estimate of drug-likeness (QED) is 0.744.